The molecule has 6 heteroatoms. The van der Waals surface area contributed by atoms with Crippen molar-refractivity contribution >= 4 is 11.6 Å². The first-order valence-electron chi connectivity index (χ1n) is 8.32. The molecule has 6 nitrogen and oxygen atoms in total. The Morgan fingerprint density at radius 1 is 1.30 bits per heavy atom. The topological polar surface area (TPSA) is 73.8 Å². The molecule has 2 saturated heterocycles. The number of carbonyl (C=O) groups is 1. The van der Waals surface area contributed by atoms with E-state index < -0.39 is 6.10 Å². The molecule has 0 saturated carbocycles. The Kier molecular flexibility index (Phi) is 5.61. The van der Waals surface area contributed by atoms with Gasteiger partial charge in [0.05, 0.1) is 25.4 Å². The monoisotopic (exact) mass is 319 g/mol. The van der Waals surface area contributed by atoms with Crippen LogP contribution in [0.1, 0.15) is 12.0 Å². The largest absolute Gasteiger partial charge is 0.392 e. The number of nitrogens with zero attached hydrogens (tertiary/aromatic N) is 1. The maximum atomic E-state index is 12.1. The van der Waals surface area contributed by atoms with Gasteiger partial charge >= 0.3 is 0 Å². The summed E-state index contributed by atoms with van der Waals surface area (Å²) in [5.41, 5.74) is 2.07. The highest BCUT2D eigenvalue weighted by atomic mass is 16.5. The second kappa shape index (κ2) is 7.88. The van der Waals surface area contributed by atoms with Crippen LogP contribution in [0.3, 0.4) is 0 Å². The van der Waals surface area contributed by atoms with E-state index in [1.807, 2.05) is 12.1 Å². The van der Waals surface area contributed by atoms with Crippen LogP contribution in [0.5, 0.6) is 0 Å². The molecule has 0 radical (unpaired) electrons. The van der Waals surface area contributed by atoms with Crippen LogP contribution in [0.4, 0.5) is 5.69 Å². The molecular weight excluding hydrogens is 294 g/mol. The van der Waals surface area contributed by atoms with Crippen LogP contribution < -0.4 is 10.6 Å². The minimum atomic E-state index is -0.423. The first-order chi connectivity index (χ1) is 11.2. The summed E-state index contributed by atoms with van der Waals surface area (Å²) in [5, 5.41) is 15.4. The Hall–Kier alpha value is -1.47. The van der Waals surface area contributed by atoms with Crippen LogP contribution in [0, 0.1) is 0 Å². The predicted octanol–water partition coefficient (Wildman–Crippen LogP) is 0.223. The lowest BCUT2D eigenvalue weighted by atomic mass is 10.1. The lowest BCUT2D eigenvalue weighted by Crippen LogP contribution is -2.37. The molecule has 0 spiro atoms. The van der Waals surface area contributed by atoms with Crippen LogP contribution in [-0.4, -0.2) is 67.5 Å². The van der Waals surface area contributed by atoms with E-state index in [0.29, 0.717) is 13.0 Å². The fourth-order valence-electron chi connectivity index (χ4n) is 3.01. The van der Waals surface area contributed by atoms with Crippen molar-refractivity contribution in [3.8, 4) is 0 Å². The molecule has 3 rings (SSSR count). The van der Waals surface area contributed by atoms with E-state index in [4.69, 9.17) is 4.74 Å². The molecule has 2 aliphatic heterocycles. The van der Waals surface area contributed by atoms with Crippen LogP contribution in [0.25, 0.3) is 0 Å². The van der Waals surface area contributed by atoms with E-state index in [1.54, 1.807) is 0 Å². The van der Waals surface area contributed by atoms with Crippen molar-refractivity contribution in [2.75, 3.05) is 44.7 Å². The number of amides is 1. The van der Waals surface area contributed by atoms with Crippen molar-refractivity contribution < 1.29 is 14.6 Å². The van der Waals surface area contributed by atoms with Gasteiger partial charge in [-0.25, -0.2) is 0 Å². The summed E-state index contributed by atoms with van der Waals surface area (Å²) in [7, 11) is 0. The van der Waals surface area contributed by atoms with Gasteiger partial charge in [-0.3, -0.25) is 9.69 Å². The molecule has 23 heavy (non-hydrogen) atoms. The summed E-state index contributed by atoms with van der Waals surface area (Å²) < 4.78 is 5.35. The van der Waals surface area contributed by atoms with Crippen molar-refractivity contribution in [1.82, 2.24) is 10.2 Å². The lowest BCUT2D eigenvalue weighted by Gasteiger charge is -2.26. The summed E-state index contributed by atoms with van der Waals surface area (Å²) >= 11 is 0. The number of aliphatic hydroxyl groups excluding tert-OH is 1. The Morgan fingerprint density at radius 3 is 2.70 bits per heavy atom. The average Bonchev–Trinajstić information content (AvgIpc) is 3.02. The SMILES string of the molecule is O=C(Nc1ccc(CCN2CCOCC2)cc1)C1CC(O)CN1. The first-order valence-corrected chi connectivity index (χ1v) is 8.32. The second-order valence-corrected chi connectivity index (χ2v) is 6.24. The fourth-order valence-corrected chi connectivity index (χ4v) is 3.01. The molecule has 0 aliphatic carbocycles. The Bertz CT molecular complexity index is 514. The van der Waals surface area contributed by atoms with Crippen molar-refractivity contribution in [2.24, 2.45) is 0 Å². The molecule has 3 N–H and O–H groups in total. The predicted molar refractivity (Wildman–Crippen MR) is 88.4 cm³/mol. The highest BCUT2D eigenvalue weighted by Crippen LogP contribution is 2.13. The van der Waals surface area contributed by atoms with Crippen molar-refractivity contribution in [3.63, 3.8) is 0 Å². The molecule has 1 aromatic carbocycles. The minimum absolute atomic E-state index is 0.0809. The Morgan fingerprint density at radius 2 is 2.04 bits per heavy atom. The summed E-state index contributed by atoms with van der Waals surface area (Å²) in [6.45, 7) is 5.20. The smallest absolute Gasteiger partial charge is 0.241 e. The van der Waals surface area contributed by atoms with Crippen molar-refractivity contribution in [3.05, 3.63) is 29.8 Å². The van der Waals surface area contributed by atoms with E-state index in [0.717, 1.165) is 45.0 Å². The number of morpholine rings is 1. The van der Waals surface area contributed by atoms with Crippen LogP contribution in [0.2, 0.25) is 0 Å². The van der Waals surface area contributed by atoms with E-state index in [1.165, 1.54) is 5.56 Å². The zero-order valence-electron chi connectivity index (χ0n) is 13.3. The fraction of sp³-hybridized carbons (Fsp3) is 0.588. The van der Waals surface area contributed by atoms with E-state index in [-0.39, 0.29) is 11.9 Å². The minimum Gasteiger partial charge on any atom is -0.392 e. The van der Waals surface area contributed by atoms with Crippen molar-refractivity contribution in [2.45, 2.75) is 25.0 Å². The Labute approximate surface area is 136 Å². The molecule has 0 bridgehead atoms. The molecule has 2 unspecified atom stereocenters. The van der Waals surface area contributed by atoms with E-state index in [2.05, 4.69) is 27.7 Å². The van der Waals surface area contributed by atoms with Gasteiger partial charge in [-0.05, 0) is 30.5 Å². The molecule has 2 atom stereocenters. The summed E-state index contributed by atoms with van der Waals surface area (Å²) in [6, 6.07) is 7.71. The van der Waals surface area contributed by atoms with Gasteiger partial charge in [-0.1, -0.05) is 12.1 Å². The average molecular weight is 319 g/mol. The molecule has 1 aromatic rings. The molecule has 2 fully saturated rings. The molecule has 126 valence electrons. The number of nitrogens with one attached hydrogen (secondary N) is 2. The number of carbonyl (C=O) groups excluding carboxylic acids is 1. The van der Waals surface area contributed by atoms with Crippen LogP contribution in [0.15, 0.2) is 24.3 Å². The van der Waals surface area contributed by atoms with Gasteiger partial charge in [0.1, 0.15) is 0 Å². The summed E-state index contributed by atoms with van der Waals surface area (Å²) in [5.74, 6) is -0.0809. The van der Waals surface area contributed by atoms with Gasteiger partial charge in [0.15, 0.2) is 0 Å². The van der Waals surface area contributed by atoms with E-state index >= 15 is 0 Å². The third kappa shape index (κ3) is 4.75. The lowest BCUT2D eigenvalue weighted by molar-refractivity contribution is -0.117. The standard InChI is InChI=1S/C17H25N3O3/c21-15-11-16(18-12-15)17(22)19-14-3-1-13(2-4-14)5-6-20-7-9-23-10-8-20/h1-4,15-16,18,21H,5-12H2,(H,19,22). The zero-order chi connectivity index (χ0) is 16.1. The number of ether oxygens (including phenoxy) is 1. The number of benzene rings is 1. The highest BCUT2D eigenvalue weighted by Gasteiger charge is 2.27. The third-order valence-corrected chi connectivity index (χ3v) is 4.47. The zero-order valence-corrected chi connectivity index (χ0v) is 13.3. The molecule has 2 aliphatic rings. The maximum Gasteiger partial charge on any atom is 0.241 e. The highest BCUT2D eigenvalue weighted by molar-refractivity contribution is 5.95. The van der Waals surface area contributed by atoms with Crippen LogP contribution in [-0.2, 0) is 16.0 Å². The molecular formula is C17H25N3O3. The van der Waals surface area contributed by atoms with Gasteiger partial charge in [0.2, 0.25) is 5.91 Å². The van der Waals surface area contributed by atoms with Gasteiger partial charge in [0.25, 0.3) is 0 Å². The van der Waals surface area contributed by atoms with Gasteiger partial charge < -0.3 is 20.5 Å². The van der Waals surface area contributed by atoms with Gasteiger partial charge in [-0.2, -0.15) is 0 Å². The van der Waals surface area contributed by atoms with Crippen molar-refractivity contribution in [1.29, 1.82) is 0 Å². The number of β-amino-alcohol motifs (C(OH)–C–C–N with tert-alkyl or cyclic N) is 1. The quantitative estimate of drug-likeness (QED) is 0.724. The second-order valence-electron chi connectivity index (χ2n) is 6.24. The van der Waals surface area contributed by atoms with Gasteiger partial charge in [0, 0.05) is 31.9 Å². The first kappa shape index (κ1) is 16.4. The van der Waals surface area contributed by atoms with Gasteiger partial charge in [-0.15, -0.1) is 0 Å². The summed E-state index contributed by atoms with van der Waals surface area (Å²) in [6.07, 6.45) is 1.06. The number of anilines is 1. The number of hydrogen-bond donors (Lipinski definition) is 3. The number of aliphatic hydroxyl groups is 1. The molecule has 2 heterocycles. The Balaban J connectivity index is 1.45. The molecule has 1 amide bonds. The maximum absolute atomic E-state index is 12.1. The van der Waals surface area contributed by atoms with Crippen LogP contribution >= 0.6 is 0 Å². The third-order valence-electron chi connectivity index (χ3n) is 4.47. The normalized spacial score (nSPS) is 25.4. The number of hydrogen-bond acceptors (Lipinski definition) is 5. The number of rotatable bonds is 5. The van der Waals surface area contributed by atoms with E-state index in [9.17, 15) is 9.90 Å². The molecule has 0 aromatic heterocycles. The summed E-state index contributed by atoms with van der Waals surface area (Å²) in [4.78, 5) is 14.5.